The largest absolute Gasteiger partial charge is 0.480 e. The van der Waals surface area contributed by atoms with Crippen molar-refractivity contribution >= 4 is 27.9 Å². The maximum atomic E-state index is 15.0. The molecule has 1 fully saturated rings. The van der Waals surface area contributed by atoms with Crippen molar-refractivity contribution in [2.75, 3.05) is 26.0 Å². The monoisotopic (exact) mass is 526 g/mol. The van der Waals surface area contributed by atoms with Gasteiger partial charge in [-0.05, 0) is 23.3 Å². The van der Waals surface area contributed by atoms with E-state index in [9.17, 15) is 36.7 Å². The van der Waals surface area contributed by atoms with Gasteiger partial charge in [-0.15, -0.1) is 0 Å². The summed E-state index contributed by atoms with van der Waals surface area (Å²) in [6, 6.07) is 7.89. The molecule has 0 saturated carbocycles. The molecule has 13 heteroatoms. The Morgan fingerprint density at radius 1 is 1.11 bits per heavy atom. The summed E-state index contributed by atoms with van der Waals surface area (Å²) in [5, 5.41) is 11.7. The second kappa shape index (κ2) is 8.89. The van der Waals surface area contributed by atoms with Gasteiger partial charge < -0.3 is 15.3 Å². The van der Waals surface area contributed by atoms with Crippen LogP contribution in [-0.2, 0) is 29.8 Å². The van der Waals surface area contributed by atoms with Gasteiger partial charge >= 0.3 is 5.97 Å². The summed E-state index contributed by atoms with van der Waals surface area (Å²) in [6.07, 6.45) is 0.00706. The molecule has 2 aliphatic rings. The van der Waals surface area contributed by atoms with Crippen molar-refractivity contribution in [2.24, 2.45) is 0 Å². The van der Waals surface area contributed by atoms with Gasteiger partial charge in [0.25, 0.3) is 21.9 Å². The van der Waals surface area contributed by atoms with Gasteiger partial charge in [0.1, 0.15) is 12.6 Å². The minimum Gasteiger partial charge on any atom is -0.480 e. The average Bonchev–Trinajstić information content (AvgIpc) is 3.29. The number of nitrogens with zero attached hydrogens (tertiary/aromatic N) is 1. The van der Waals surface area contributed by atoms with Crippen LogP contribution in [0.1, 0.15) is 27.9 Å². The molecule has 0 unspecified atom stereocenters. The van der Waals surface area contributed by atoms with Crippen LogP contribution in [-0.4, -0.2) is 73.9 Å². The molecule has 0 aromatic heterocycles. The Labute approximate surface area is 204 Å². The van der Waals surface area contributed by atoms with Gasteiger partial charge in [-0.3, -0.25) is 13.8 Å². The normalized spacial score (nSPS) is 22.1. The lowest BCUT2D eigenvalue weighted by molar-refractivity contribution is -0.147. The fraction of sp³-hybridized carbons (Fsp3) is 0.348. The third kappa shape index (κ3) is 4.80. The van der Waals surface area contributed by atoms with Crippen LogP contribution in [0, 0.1) is 0 Å². The number of benzene rings is 2. The number of nitrogens with one attached hydrogen (secondary N) is 1. The van der Waals surface area contributed by atoms with E-state index in [1.807, 2.05) is 0 Å². The third-order valence-corrected chi connectivity index (χ3v) is 6.65. The molecule has 1 saturated heterocycles. The van der Waals surface area contributed by atoms with Gasteiger partial charge in [-0.2, -0.15) is 17.2 Å². The zero-order valence-electron chi connectivity index (χ0n) is 18.8. The highest BCUT2D eigenvalue weighted by molar-refractivity contribution is 7.85. The van der Waals surface area contributed by atoms with Gasteiger partial charge in [0, 0.05) is 23.1 Å². The lowest BCUT2D eigenvalue weighted by Crippen LogP contribution is -2.46. The average molecular weight is 526 g/mol. The van der Waals surface area contributed by atoms with E-state index in [4.69, 9.17) is 0 Å². The number of hydrogen-bond donors (Lipinski definition) is 2. The summed E-state index contributed by atoms with van der Waals surface area (Å²) in [4.78, 5) is 37.5. The van der Waals surface area contributed by atoms with Crippen LogP contribution in [0.2, 0.25) is 0 Å². The molecule has 1 aliphatic heterocycles. The Morgan fingerprint density at radius 2 is 1.78 bits per heavy atom. The molecular formula is C23H21F3N2O7S. The molecule has 1 aliphatic carbocycles. The molecule has 36 heavy (non-hydrogen) atoms. The number of rotatable bonds is 7. The molecule has 2 atom stereocenters. The van der Waals surface area contributed by atoms with Crippen molar-refractivity contribution in [2.45, 2.75) is 24.1 Å². The molecule has 1 heterocycles. The second-order valence-corrected chi connectivity index (χ2v) is 10.4. The fourth-order valence-electron chi connectivity index (χ4n) is 4.42. The van der Waals surface area contributed by atoms with E-state index in [0.717, 1.165) is 6.07 Å². The highest BCUT2D eigenvalue weighted by Crippen LogP contribution is 2.50. The van der Waals surface area contributed by atoms with E-state index in [1.54, 1.807) is 6.07 Å². The number of carbonyl (C=O) groups is 3. The Hall–Kier alpha value is -3.45. The number of hydrogen-bond acceptors (Lipinski definition) is 6. The molecule has 192 valence electrons. The molecule has 2 amide bonds. The minimum absolute atomic E-state index is 0.00773. The molecule has 0 bridgehead atoms. The number of likely N-dealkylation sites (tertiary alicyclic amines) is 1. The Balaban J connectivity index is 1.46. The van der Waals surface area contributed by atoms with Gasteiger partial charge in [-0.1, -0.05) is 30.3 Å². The molecule has 0 spiro atoms. The summed E-state index contributed by atoms with van der Waals surface area (Å²) < 4.78 is 71.2. The molecule has 4 rings (SSSR count). The van der Waals surface area contributed by atoms with Crippen molar-refractivity contribution < 1.29 is 45.3 Å². The first-order chi connectivity index (χ1) is 16.7. The van der Waals surface area contributed by atoms with E-state index in [1.165, 1.54) is 30.3 Å². The molecule has 2 N–H and O–H groups in total. The van der Waals surface area contributed by atoms with Crippen molar-refractivity contribution in [3.63, 3.8) is 0 Å². The number of amides is 2. The lowest BCUT2D eigenvalue weighted by Gasteiger charge is -2.22. The van der Waals surface area contributed by atoms with Crippen LogP contribution in [0.25, 0.3) is 11.1 Å². The van der Waals surface area contributed by atoms with Crippen LogP contribution in [0.5, 0.6) is 0 Å². The number of carboxylic acid groups (broad SMARTS) is 1. The van der Waals surface area contributed by atoms with Crippen molar-refractivity contribution in [3.8, 4) is 11.1 Å². The first-order valence-corrected chi connectivity index (χ1v) is 12.5. The minimum atomic E-state index is -4.00. The fourth-order valence-corrected chi connectivity index (χ4v) is 4.84. The highest BCUT2D eigenvalue weighted by Gasteiger charge is 2.50. The lowest BCUT2D eigenvalue weighted by atomic mass is 10.0. The van der Waals surface area contributed by atoms with Crippen molar-refractivity contribution in [1.82, 2.24) is 10.2 Å². The number of alkyl halides is 3. The maximum Gasteiger partial charge on any atom is 0.326 e. The molecule has 9 nitrogen and oxygen atoms in total. The second-order valence-electron chi connectivity index (χ2n) is 8.76. The van der Waals surface area contributed by atoms with Crippen LogP contribution >= 0.6 is 0 Å². The molecular weight excluding hydrogens is 505 g/mol. The standard InChI is InChI=1S/C23H21F3N2O7S/c1-36(33,34)35-12-22(24)9-18(21(31)32)28(11-22)19(29)10-27-20(30)13-6-7-17-15(8-13)14-4-2-3-5-16(14)23(17,25)26/h2-8,18H,9-12H2,1H3,(H,27,30)(H,31,32)/t18-,22+/m0/s1. The summed E-state index contributed by atoms with van der Waals surface area (Å²) in [5.41, 5.74) is -2.42. The van der Waals surface area contributed by atoms with Gasteiger partial charge in [-0.25, -0.2) is 9.18 Å². The number of fused-ring (bicyclic) bond motifs is 3. The quantitative estimate of drug-likeness (QED) is 0.527. The zero-order chi connectivity index (χ0) is 26.5. The predicted molar refractivity (Wildman–Crippen MR) is 120 cm³/mol. The Bertz CT molecular complexity index is 1370. The van der Waals surface area contributed by atoms with Gasteiger partial charge in [0.05, 0.1) is 19.3 Å². The van der Waals surface area contributed by atoms with E-state index < -0.39 is 71.7 Å². The van der Waals surface area contributed by atoms with Crippen molar-refractivity contribution in [3.05, 3.63) is 59.2 Å². The molecule has 2 aromatic carbocycles. The van der Waals surface area contributed by atoms with Crippen molar-refractivity contribution in [1.29, 1.82) is 0 Å². The summed E-state index contributed by atoms with van der Waals surface area (Å²) in [7, 11) is -4.00. The Morgan fingerprint density at radius 3 is 2.44 bits per heavy atom. The predicted octanol–water partition coefficient (Wildman–Crippen LogP) is 1.91. The van der Waals surface area contributed by atoms with E-state index in [2.05, 4.69) is 9.50 Å². The maximum absolute atomic E-state index is 15.0. The van der Waals surface area contributed by atoms with E-state index in [0.29, 0.717) is 11.2 Å². The van der Waals surface area contributed by atoms with Crippen LogP contribution < -0.4 is 5.32 Å². The smallest absolute Gasteiger partial charge is 0.326 e. The van der Waals surface area contributed by atoms with Crippen LogP contribution in [0.3, 0.4) is 0 Å². The van der Waals surface area contributed by atoms with E-state index >= 15 is 4.39 Å². The first kappa shape index (κ1) is 25.6. The SMILES string of the molecule is CS(=O)(=O)OC[C@@]1(F)C[C@@H](C(=O)O)N(C(=O)CNC(=O)c2ccc3c(c2)-c2ccccc2C3(F)F)C1. The topological polar surface area (TPSA) is 130 Å². The third-order valence-electron chi connectivity index (χ3n) is 6.10. The number of carbonyl (C=O) groups excluding carboxylic acids is 2. The Kier molecular flexibility index (Phi) is 6.33. The van der Waals surface area contributed by atoms with Crippen LogP contribution in [0.15, 0.2) is 42.5 Å². The zero-order valence-corrected chi connectivity index (χ0v) is 19.6. The van der Waals surface area contributed by atoms with Crippen LogP contribution in [0.4, 0.5) is 13.2 Å². The summed E-state index contributed by atoms with van der Waals surface area (Å²) in [6.45, 7) is -2.42. The highest BCUT2D eigenvalue weighted by atomic mass is 32.2. The van der Waals surface area contributed by atoms with Gasteiger partial charge in [0.15, 0.2) is 5.67 Å². The first-order valence-electron chi connectivity index (χ1n) is 10.7. The summed E-state index contributed by atoms with van der Waals surface area (Å²) in [5.74, 6) is -6.44. The number of aliphatic carboxylic acids is 1. The summed E-state index contributed by atoms with van der Waals surface area (Å²) >= 11 is 0. The van der Waals surface area contributed by atoms with E-state index in [-0.39, 0.29) is 27.8 Å². The molecule has 2 aromatic rings. The van der Waals surface area contributed by atoms with Gasteiger partial charge in [0.2, 0.25) is 5.91 Å². The number of halogens is 3. The number of carboxylic acids is 1. The molecule has 0 radical (unpaired) electrons.